The summed E-state index contributed by atoms with van der Waals surface area (Å²) in [5.74, 6) is 0.263. The standard InChI is InChI=1S/C16H24N2O/c1-3-10-17-15-9-11-18(16(15)19)12-14-8-6-5-7-13(14)4-2/h5-8,15,17H,3-4,9-12H2,1-2H3. The van der Waals surface area contributed by atoms with Crippen molar-refractivity contribution in [3.8, 4) is 0 Å². The fourth-order valence-corrected chi connectivity index (χ4v) is 2.67. The molecule has 1 aromatic carbocycles. The van der Waals surface area contributed by atoms with Gasteiger partial charge in [-0.3, -0.25) is 4.79 Å². The first-order valence-corrected chi connectivity index (χ1v) is 7.35. The number of aryl methyl sites for hydroxylation is 1. The topological polar surface area (TPSA) is 32.3 Å². The van der Waals surface area contributed by atoms with Crippen LogP contribution in [0.15, 0.2) is 24.3 Å². The summed E-state index contributed by atoms with van der Waals surface area (Å²) in [6.45, 7) is 6.85. The van der Waals surface area contributed by atoms with Gasteiger partial charge in [-0.05, 0) is 36.9 Å². The average Bonchev–Trinajstić information content (AvgIpc) is 2.78. The van der Waals surface area contributed by atoms with Crippen LogP contribution in [-0.2, 0) is 17.8 Å². The molecule has 0 aliphatic carbocycles. The van der Waals surface area contributed by atoms with Crippen molar-refractivity contribution in [2.75, 3.05) is 13.1 Å². The second-order valence-electron chi connectivity index (χ2n) is 5.18. The second kappa shape index (κ2) is 6.71. The highest BCUT2D eigenvalue weighted by Crippen LogP contribution is 2.18. The summed E-state index contributed by atoms with van der Waals surface area (Å²) >= 11 is 0. The Hall–Kier alpha value is -1.35. The summed E-state index contributed by atoms with van der Waals surface area (Å²) in [5, 5.41) is 3.33. The predicted molar refractivity (Wildman–Crippen MR) is 77.9 cm³/mol. The van der Waals surface area contributed by atoms with E-state index in [9.17, 15) is 4.79 Å². The number of carbonyl (C=O) groups excluding carboxylic acids is 1. The van der Waals surface area contributed by atoms with E-state index in [4.69, 9.17) is 0 Å². The Kier molecular flexibility index (Phi) is 4.97. The van der Waals surface area contributed by atoms with Gasteiger partial charge in [-0.15, -0.1) is 0 Å². The van der Waals surface area contributed by atoms with Crippen molar-refractivity contribution >= 4 is 5.91 Å². The van der Waals surface area contributed by atoms with Crippen molar-refractivity contribution < 1.29 is 4.79 Å². The normalized spacial score (nSPS) is 19.2. The fourth-order valence-electron chi connectivity index (χ4n) is 2.67. The van der Waals surface area contributed by atoms with Crippen molar-refractivity contribution in [2.45, 2.75) is 45.7 Å². The molecular formula is C16H24N2O. The van der Waals surface area contributed by atoms with E-state index >= 15 is 0 Å². The molecule has 1 unspecified atom stereocenters. The molecule has 0 aromatic heterocycles. The van der Waals surface area contributed by atoms with Gasteiger partial charge in [-0.25, -0.2) is 0 Å². The predicted octanol–water partition coefficient (Wildman–Crippen LogP) is 2.35. The second-order valence-corrected chi connectivity index (χ2v) is 5.18. The average molecular weight is 260 g/mol. The minimum Gasteiger partial charge on any atom is -0.337 e. The molecule has 2 rings (SSSR count). The van der Waals surface area contributed by atoms with Gasteiger partial charge in [0, 0.05) is 13.1 Å². The summed E-state index contributed by atoms with van der Waals surface area (Å²) in [7, 11) is 0. The Morgan fingerprint density at radius 2 is 2.00 bits per heavy atom. The van der Waals surface area contributed by atoms with Gasteiger partial charge in [0.25, 0.3) is 0 Å². The Morgan fingerprint density at radius 1 is 1.26 bits per heavy atom. The molecule has 0 saturated carbocycles. The highest BCUT2D eigenvalue weighted by molar-refractivity contribution is 5.84. The fraction of sp³-hybridized carbons (Fsp3) is 0.562. The van der Waals surface area contributed by atoms with Crippen molar-refractivity contribution in [2.24, 2.45) is 0 Å². The third-order valence-corrected chi connectivity index (χ3v) is 3.80. The molecule has 3 nitrogen and oxygen atoms in total. The van der Waals surface area contributed by atoms with Crippen molar-refractivity contribution in [1.29, 1.82) is 0 Å². The lowest BCUT2D eigenvalue weighted by atomic mass is 10.1. The first kappa shape index (κ1) is 14.1. The molecule has 1 atom stereocenters. The van der Waals surface area contributed by atoms with E-state index in [1.165, 1.54) is 11.1 Å². The van der Waals surface area contributed by atoms with Gasteiger partial charge < -0.3 is 10.2 Å². The van der Waals surface area contributed by atoms with Gasteiger partial charge >= 0.3 is 0 Å². The molecule has 1 amide bonds. The van der Waals surface area contributed by atoms with Crippen LogP contribution in [0.1, 0.15) is 37.8 Å². The smallest absolute Gasteiger partial charge is 0.240 e. The molecule has 0 spiro atoms. The molecule has 1 N–H and O–H groups in total. The van der Waals surface area contributed by atoms with Crippen LogP contribution in [0.2, 0.25) is 0 Å². The molecule has 1 fully saturated rings. The summed E-state index contributed by atoms with van der Waals surface area (Å²) in [5.41, 5.74) is 2.63. The van der Waals surface area contributed by atoms with E-state index in [1.54, 1.807) is 0 Å². The first-order chi connectivity index (χ1) is 9.26. The Labute approximate surface area is 116 Å². The van der Waals surface area contributed by atoms with Gasteiger partial charge in [0.05, 0.1) is 6.04 Å². The number of hydrogen-bond acceptors (Lipinski definition) is 2. The molecule has 1 aliphatic heterocycles. The van der Waals surface area contributed by atoms with E-state index in [2.05, 4.69) is 43.4 Å². The highest BCUT2D eigenvalue weighted by Gasteiger charge is 2.30. The summed E-state index contributed by atoms with van der Waals surface area (Å²) in [6, 6.07) is 8.46. The van der Waals surface area contributed by atoms with Crippen LogP contribution in [0.25, 0.3) is 0 Å². The zero-order valence-corrected chi connectivity index (χ0v) is 12.0. The van der Waals surface area contributed by atoms with Crippen LogP contribution in [0, 0.1) is 0 Å². The third kappa shape index (κ3) is 3.35. The lowest BCUT2D eigenvalue weighted by molar-refractivity contribution is -0.129. The molecule has 1 heterocycles. The monoisotopic (exact) mass is 260 g/mol. The van der Waals surface area contributed by atoms with Crippen LogP contribution < -0.4 is 5.32 Å². The van der Waals surface area contributed by atoms with Gasteiger partial charge in [0.1, 0.15) is 0 Å². The molecule has 0 bridgehead atoms. The zero-order chi connectivity index (χ0) is 13.7. The number of nitrogens with zero attached hydrogens (tertiary/aromatic N) is 1. The maximum Gasteiger partial charge on any atom is 0.240 e. The van der Waals surface area contributed by atoms with Gasteiger partial charge in [-0.1, -0.05) is 38.1 Å². The van der Waals surface area contributed by atoms with E-state index in [0.717, 1.165) is 38.9 Å². The number of benzene rings is 1. The number of carbonyl (C=O) groups is 1. The van der Waals surface area contributed by atoms with E-state index < -0.39 is 0 Å². The van der Waals surface area contributed by atoms with Crippen molar-refractivity contribution in [1.82, 2.24) is 10.2 Å². The third-order valence-electron chi connectivity index (χ3n) is 3.80. The SMILES string of the molecule is CCCNC1CCN(Cc2ccccc2CC)C1=O. The molecule has 3 heteroatoms. The van der Waals surface area contributed by atoms with Gasteiger partial charge in [0.15, 0.2) is 0 Å². The number of amides is 1. The van der Waals surface area contributed by atoms with Crippen LogP contribution in [0.4, 0.5) is 0 Å². The number of hydrogen-bond donors (Lipinski definition) is 1. The minimum absolute atomic E-state index is 0.0359. The van der Waals surface area contributed by atoms with Gasteiger partial charge in [-0.2, -0.15) is 0 Å². The molecule has 1 saturated heterocycles. The lowest BCUT2D eigenvalue weighted by Crippen LogP contribution is -2.38. The van der Waals surface area contributed by atoms with Gasteiger partial charge in [0.2, 0.25) is 5.91 Å². The summed E-state index contributed by atoms with van der Waals surface area (Å²) in [6.07, 6.45) is 3.03. The lowest BCUT2D eigenvalue weighted by Gasteiger charge is -2.19. The molecule has 19 heavy (non-hydrogen) atoms. The number of rotatable bonds is 6. The van der Waals surface area contributed by atoms with E-state index in [-0.39, 0.29) is 11.9 Å². The molecular weight excluding hydrogens is 236 g/mol. The molecule has 1 aromatic rings. The maximum absolute atomic E-state index is 12.3. The maximum atomic E-state index is 12.3. The minimum atomic E-state index is 0.0359. The quantitative estimate of drug-likeness (QED) is 0.851. The Morgan fingerprint density at radius 3 is 2.68 bits per heavy atom. The van der Waals surface area contributed by atoms with Crippen LogP contribution in [0.3, 0.4) is 0 Å². The zero-order valence-electron chi connectivity index (χ0n) is 12.0. The van der Waals surface area contributed by atoms with Crippen LogP contribution in [0.5, 0.6) is 0 Å². The molecule has 0 radical (unpaired) electrons. The molecule has 104 valence electrons. The Bertz CT molecular complexity index is 431. The van der Waals surface area contributed by atoms with Crippen molar-refractivity contribution in [3.05, 3.63) is 35.4 Å². The Balaban J connectivity index is 1.98. The first-order valence-electron chi connectivity index (χ1n) is 7.35. The van der Waals surface area contributed by atoms with Crippen LogP contribution >= 0.6 is 0 Å². The van der Waals surface area contributed by atoms with Crippen LogP contribution in [-0.4, -0.2) is 29.9 Å². The number of likely N-dealkylation sites (tertiary alicyclic amines) is 1. The summed E-state index contributed by atoms with van der Waals surface area (Å²) in [4.78, 5) is 14.3. The van der Waals surface area contributed by atoms with Crippen molar-refractivity contribution in [3.63, 3.8) is 0 Å². The van der Waals surface area contributed by atoms with E-state index in [0.29, 0.717) is 0 Å². The highest BCUT2D eigenvalue weighted by atomic mass is 16.2. The van der Waals surface area contributed by atoms with E-state index in [1.807, 2.05) is 4.90 Å². The largest absolute Gasteiger partial charge is 0.337 e. The number of nitrogens with one attached hydrogen (secondary N) is 1. The molecule has 1 aliphatic rings. The summed E-state index contributed by atoms with van der Waals surface area (Å²) < 4.78 is 0.